The van der Waals surface area contributed by atoms with E-state index in [2.05, 4.69) is 10.1 Å². The second-order valence-electron chi connectivity index (χ2n) is 6.50. The number of hydrogen-bond donors (Lipinski definition) is 0. The average molecular weight is 482 g/mol. The molecule has 0 aliphatic carbocycles. The second-order valence-corrected chi connectivity index (χ2v) is 9.25. The molecule has 0 amide bonds. The van der Waals surface area contributed by atoms with Gasteiger partial charge in [0.2, 0.25) is 5.13 Å². The van der Waals surface area contributed by atoms with Gasteiger partial charge in [0, 0.05) is 15.5 Å². The van der Waals surface area contributed by atoms with Gasteiger partial charge in [-0.15, -0.1) is 0 Å². The lowest BCUT2D eigenvalue weighted by Gasteiger charge is -2.07. The molecule has 4 rings (SSSR count). The van der Waals surface area contributed by atoms with E-state index in [0.29, 0.717) is 16.5 Å². The molecule has 0 unspecified atom stereocenters. The Morgan fingerprint density at radius 3 is 2.35 bits per heavy atom. The molecule has 31 heavy (non-hydrogen) atoms. The number of aryl methyl sites for hydroxylation is 1. The first kappa shape index (κ1) is 21.7. The van der Waals surface area contributed by atoms with Crippen LogP contribution in [0, 0.1) is 6.92 Å². The Labute approximate surface area is 189 Å². The predicted molar refractivity (Wildman–Crippen MR) is 117 cm³/mol. The van der Waals surface area contributed by atoms with Gasteiger partial charge < -0.3 is 4.74 Å². The van der Waals surface area contributed by atoms with Crippen LogP contribution >= 0.6 is 34.7 Å². The number of halogens is 4. The molecule has 0 N–H and O–H groups in total. The Bertz CT molecular complexity index is 1200. The molecule has 0 saturated carbocycles. The molecular formula is C21H15ClF3N3OS2. The van der Waals surface area contributed by atoms with E-state index in [9.17, 15) is 13.2 Å². The Kier molecular flexibility index (Phi) is 6.00. The van der Waals surface area contributed by atoms with Gasteiger partial charge in [0.25, 0.3) is 0 Å². The molecule has 160 valence electrons. The number of rotatable bonds is 5. The van der Waals surface area contributed by atoms with Gasteiger partial charge in [-0.1, -0.05) is 34.7 Å². The second kappa shape index (κ2) is 8.57. The molecule has 0 bridgehead atoms. The summed E-state index contributed by atoms with van der Waals surface area (Å²) in [5.41, 5.74) is 0.740. The van der Waals surface area contributed by atoms with Crippen molar-refractivity contribution in [1.82, 2.24) is 14.8 Å². The van der Waals surface area contributed by atoms with Crippen molar-refractivity contribution in [2.75, 3.05) is 7.11 Å². The zero-order valence-corrected chi connectivity index (χ0v) is 18.7. The van der Waals surface area contributed by atoms with Crippen molar-refractivity contribution in [2.24, 2.45) is 0 Å². The molecule has 0 fully saturated rings. The van der Waals surface area contributed by atoms with Gasteiger partial charge in [-0.2, -0.15) is 18.3 Å². The van der Waals surface area contributed by atoms with E-state index in [-0.39, 0.29) is 10.8 Å². The highest BCUT2D eigenvalue weighted by Crippen LogP contribution is 2.43. The van der Waals surface area contributed by atoms with Crippen molar-refractivity contribution in [1.29, 1.82) is 0 Å². The summed E-state index contributed by atoms with van der Waals surface area (Å²) in [7, 11) is 1.57. The van der Waals surface area contributed by atoms with E-state index in [0.717, 1.165) is 36.8 Å². The Morgan fingerprint density at radius 2 is 1.74 bits per heavy atom. The Morgan fingerprint density at radius 1 is 1.06 bits per heavy atom. The molecule has 2 aromatic heterocycles. The van der Waals surface area contributed by atoms with Crippen LogP contribution in [0.4, 0.5) is 13.2 Å². The van der Waals surface area contributed by atoms with Crippen molar-refractivity contribution >= 4 is 34.7 Å². The van der Waals surface area contributed by atoms with E-state index in [4.69, 9.17) is 16.3 Å². The van der Waals surface area contributed by atoms with Gasteiger partial charge in [0.15, 0.2) is 5.69 Å². The maximum absolute atomic E-state index is 13.5. The maximum Gasteiger partial charge on any atom is 0.433 e. The van der Waals surface area contributed by atoms with Crippen LogP contribution in [0.1, 0.15) is 11.4 Å². The fourth-order valence-electron chi connectivity index (χ4n) is 2.84. The first-order valence-electron chi connectivity index (χ1n) is 8.97. The standard InChI is InChI=1S/C21H15ClF3N3OS2/c1-12-11-17(21(23,24)25)28(27-12)20-26-18(13-3-7-15(29-2)8-4-13)19(31-20)30-16-9-5-14(22)6-10-16/h3-11H,1-2H3. The minimum absolute atomic E-state index is 0.141. The van der Waals surface area contributed by atoms with Crippen LogP contribution in [0.25, 0.3) is 16.4 Å². The molecule has 0 aliphatic heterocycles. The Hall–Kier alpha value is -2.49. The molecule has 10 heteroatoms. The lowest BCUT2D eigenvalue weighted by atomic mass is 10.2. The van der Waals surface area contributed by atoms with Crippen LogP contribution in [-0.2, 0) is 6.18 Å². The minimum Gasteiger partial charge on any atom is -0.497 e. The van der Waals surface area contributed by atoms with Crippen molar-refractivity contribution < 1.29 is 17.9 Å². The third-order valence-electron chi connectivity index (χ3n) is 4.28. The van der Waals surface area contributed by atoms with Gasteiger partial charge >= 0.3 is 6.18 Å². The van der Waals surface area contributed by atoms with Crippen LogP contribution in [-0.4, -0.2) is 21.9 Å². The molecule has 4 aromatic rings. The molecule has 0 spiro atoms. The van der Waals surface area contributed by atoms with Crippen molar-refractivity contribution in [3.63, 3.8) is 0 Å². The molecule has 0 radical (unpaired) electrons. The van der Waals surface area contributed by atoms with Crippen LogP contribution in [0.2, 0.25) is 5.02 Å². The van der Waals surface area contributed by atoms with Gasteiger partial charge in [-0.25, -0.2) is 9.67 Å². The number of hydrogen-bond acceptors (Lipinski definition) is 5. The molecule has 0 saturated heterocycles. The summed E-state index contributed by atoms with van der Waals surface area (Å²) in [6.45, 7) is 1.52. The first-order chi connectivity index (χ1) is 14.7. The SMILES string of the molecule is COc1ccc(-c2nc(-n3nc(C)cc3C(F)(F)F)sc2Sc2ccc(Cl)cc2)cc1. The van der Waals surface area contributed by atoms with E-state index in [1.165, 1.54) is 18.7 Å². The normalized spacial score (nSPS) is 11.7. The van der Waals surface area contributed by atoms with Gasteiger partial charge in [-0.05, 0) is 61.5 Å². The van der Waals surface area contributed by atoms with E-state index in [1.807, 2.05) is 24.3 Å². The lowest BCUT2D eigenvalue weighted by Crippen LogP contribution is -2.13. The minimum atomic E-state index is -4.54. The number of benzene rings is 2. The molecule has 0 atom stereocenters. The molecule has 2 aromatic carbocycles. The highest BCUT2D eigenvalue weighted by Gasteiger charge is 2.37. The van der Waals surface area contributed by atoms with Crippen LogP contribution in [0.15, 0.2) is 63.7 Å². The lowest BCUT2D eigenvalue weighted by molar-refractivity contribution is -0.142. The van der Waals surface area contributed by atoms with Crippen molar-refractivity contribution in [3.8, 4) is 22.1 Å². The zero-order chi connectivity index (χ0) is 22.2. The number of methoxy groups -OCH3 is 1. The summed E-state index contributed by atoms with van der Waals surface area (Å²) in [4.78, 5) is 5.43. The number of nitrogens with zero attached hydrogens (tertiary/aromatic N) is 3. The van der Waals surface area contributed by atoms with E-state index in [1.54, 1.807) is 31.4 Å². The summed E-state index contributed by atoms with van der Waals surface area (Å²) < 4.78 is 47.4. The largest absolute Gasteiger partial charge is 0.497 e. The maximum atomic E-state index is 13.5. The zero-order valence-electron chi connectivity index (χ0n) is 16.3. The number of ether oxygens (including phenoxy) is 1. The van der Waals surface area contributed by atoms with Crippen LogP contribution in [0.5, 0.6) is 5.75 Å². The monoisotopic (exact) mass is 481 g/mol. The van der Waals surface area contributed by atoms with Crippen LogP contribution in [0.3, 0.4) is 0 Å². The summed E-state index contributed by atoms with van der Waals surface area (Å²) in [5.74, 6) is 0.674. The fourth-order valence-corrected chi connectivity index (χ4v) is 5.18. The van der Waals surface area contributed by atoms with Crippen molar-refractivity contribution in [3.05, 3.63) is 71.0 Å². The quantitative estimate of drug-likeness (QED) is 0.304. The van der Waals surface area contributed by atoms with Gasteiger partial charge in [0.05, 0.1) is 22.7 Å². The number of aromatic nitrogens is 3. The third-order valence-corrected chi connectivity index (χ3v) is 6.74. The highest BCUT2D eigenvalue weighted by molar-refractivity contribution is 8.01. The first-order valence-corrected chi connectivity index (χ1v) is 11.0. The van der Waals surface area contributed by atoms with E-state index < -0.39 is 11.9 Å². The molecular weight excluding hydrogens is 467 g/mol. The fraction of sp³-hybridized carbons (Fsp3) is 0.143. The topological polar surface area (TPSA) is 39.9 Å². The third kappa shape index (κ3) is 4.73. The smallest absolute Gasteiger partial charge is 0.433 e. The summed E-state index contributed by atoms with van der Waals surface area (Å²) in [5, 5.41) is 4.78. The summed E-state index contributed by atoms with van der Waals surface area (Å²) >= 11 is 8.52. The molecule has 2 heterocycles. The van der Waals surface area contributed by atoms with E-state index >= 15 is 0 Å². The predicted octanol–water partition coefficient (Wildman–Crippen LogP) is 7.14. The average Bonchev–Trinajstić information content (AvgIpc) is 3.33. The summed E-state index contributed by atoms with van der Waals surface area (Å²) in [6.07, 6.45) is -4.54. The Balaban J connectivity index is 1.83. The number of alkyl halides is 3. The number of thiazole rings is 1. The van der Waals surface area contributed by atoms with Gasteiger partial charge in [-0.3, -0.25) is 0 Å². The highest BCUT2D eigenvalue weighted by atomic mass is 35.5. The molecule has 4 nitrogen and oxygen atoms in total. The summed E-state index contributed by atoms with van der Waals surface area (Å²) in [6, 6.07) is 15.4. The van der Waals surface area contributed by atoms with Crippen LogP contribution < -0.4 is 4.74 Å². The molecule has 0 aliphatic rings. The van der Waals surface area contributed by atoms with Crippen molar-refractivity contribution in [2.45, 2.75) is 22.2 Å². The van der Waals surface area contributed by atoms with Gasteiger partial charge in [0.1, 0.15) is 5.75 Å².